The van der Waals surface area contributed by atoms with E-state index in [0.717, 1.165) is 38.7 Å². The summed E-state index contributed by atoms with van der Waals surface area (Å²) < 4.78 is 11.6. The van der Waals surface area contributed by atoms with E-state index in [2.05, 4.69) is 25.9 Å². The average Bonchev–Trinajstić information content (AvgIpc) is 2.68. The van der Waals surface area contributed by atoms with Crippen molar-refractivity contribution in [2.45, 2.75) is 13.8 Å². The number of aromatic nitrogens is 2. The summed E-state index contributed by atoms with van der Waals surface area (Å²) >= 11 is 3.47. The van der Waals surface area contributed by atoms with Gasteiger partial charge in [-0.25, -0.2) is 4.98 Å². The van der Waals surface area contributed by atoms with Crippen LogP contribution in [0, 0.1) is 13.8 Å². The molecule has 0 bridgehead atoms. The first-order valence-electron chi connectivity index (χ1n) is 5.52. The average molecular weight is 311 g/mol. The van der Waals surface area contributed by atoms with E-state index in [0.29, 0.717) is 0 Å². The van der Waals surface area contributed by atoms with Crippen molar-refractivity contribution >= 4 is 15.9 Å². The molecule has 0 unspecified atom stereocenters. The fourth-order valence-electron chi connectivity index (χ4n) is 1.99. The summed E-state index contributed by atoms with van der Waals surface area (Å²) in [5, 5.41) is 0. The highest BCUT2D eigenvalue weighted by molar-refractivity contribution is 9.10. The zero-order valence-electron chi connectivity index (χ0n) is 10.8. The topological polar surface area (TPSA) is 47.1 Å². The number of ether oxygens (including phenoxy) is 2. The minimum atomic E-state index is 0.779. The van der Waals surface area contributed by atoms with E-state index in [1.165, 1.54) is 0 Å². The molecule has 0 amide bonds. The minimum absolute atomic E-state index is 0.779. The third-order valence-corrected chi connectivity index (χ3v) is 3.39. The van der Waals surface area contributed by atoms with E-state index in [1.807, 2.05) is 26.0 Å². The molecule has 18 heavy (non-hydrogen) atoms. The zero-order chi connectivity index (χ0) is 13.3. The predicted octanol–water partition coefficient (Wildman–Crippen LogP) is 3.47. The number of hydrogen-bond donors (Lipinski definition) is 1. The Morgan fingerprint density at radius 2 is 1.89 bits per heavy atom. The summed E-state index contributed by atoms with van der Waals surface area (Å²) in [5.41, 5.74) is 2.74. The standard InChI is InChI=1S/C13H15BrN2O2/c1-7-10(17-3)6-5-9(12(7)18-4)11-13(14)16-8(2)15-11/h5-6H,1-4H3,(H,15,16). The number of methoxy groups -OCH3 is 2. The molecule has 0 aliphatic heterocycles. The third-order valence-electron chi connectivity index (χ3n) is 2.81. The Labute approximate surface area is 114 Å². The van der Waals surface area contributed by atoms with Crippen LogP contribution in [0.5, 0.6) is 11.5 Å². The van der Waals surface area contributed by atoms with Gasteiger partial charge in [-0.1, -0.05) is 0 Å². The first-order valence-corrected chi connectivity index (χ1v) is 6.31. The van der Waals surface area contributed by atoms with Gasteiger partial charge in [-0.15, -0.1) is 0 Å². The Kier molecular flexibility index (Phi) is 3.61. The Bertz CT molecular complexity index is 579. The number of rotatable bonds is 3. The first-order chi connectivity index (χ1) is 8.58. The Balaban J connectivity index is 2.65. The maximum absolute atomic E-state index is 5.48. The summed E-state index contributed by atoms with van der Waals surface area (Å²) in [5.74, 6) is 2.44. The summed E-state index contributed by atoms with van der Waals surface area (Å²) in [6.45, 7) is 3.88. The molecule has 0 fully saturated rings. The fourth-order valence-corrected chi connectivity index (χ4v) is 2.57. The molecule has 0 saturated heterocycles. The molecule has 0 spiro atoms. The summed E-state index contributed by atoms with van der Waals surface area (Å²) in [7, 11) is 3.30. The van der Waals surface area contributed by atoms with Crippen LogP contribution in [0.4, 0.5) is 0 Å². The Morgan fingerprint density at radius 1 is 1.17 bits per heavy atom. The van der Waals surface area contributed by atoms with Gasteiger partial charge in [0, 0.05) is 11.1 Å². The molecule has 1 heterocycles. The van der Waals surface area contributed by atoms with Crippen molar-refractivity contribution in [3.8, 4) is 22.8 Å². The van der Waals surface area contributed by atoms with Gasteiger partial charge in [0.25, 0.3) is 0 Å². The molecule has 96 valence electrons. The number of aromatic amines is 1. The molecule has 1 N–H and O–H groups in total. The summed E-state index contributed by atoms with van der Waals surface area (Å²) in [6, 6.07) is 3.87. The maximum atomic E-state index is 5.48. The lowest BCUT2D eigenvalue weighted by molar-refractivity contribution is 0.390. The number of hydrogen-bond acceptors (Lipinski definition) is 3. The van der Waals surface area contributed by atoms with Gasteiger partial charge in [0.1, 0.15) is 27.6 Å². The van der Waals surface area contributed by atoms with Crippen LogP contribution in [0.1, 0.15) is 11.4 Å². The van der Waals surface area contributed by atoms with Gasteiger partial charge in [-0.3, -0.25) is 0 Å². The van der Waals surface area contributed by atoms with Gasteiger partial charge >= 0.3 is 0 Å². The molecule has 0 aliphatic carbocycles. The number of halogens is 1. The first kappa shape index (κ1) is 13.0. The van der Waals surface area contributed by atoms with E-state index >= 15 is 0 Å². The number of benzene rings is 1. The van der Waals surface area contributed by atoms with E-state index in [-0.39, 0.29) is 0 Å². The van der Waals surface area contributed by atoms with Crippen LogP contribution in [-0.2, 0) is 0 Å². The lowest BCUT2D eigenvalue weighted by Crippen LogP contribution is -1.95. The van der Waals surface area contributed by atoms with Crippen molar-refractivity contribution in [2.75, 3.05) is 14.2 Å². The molecule has 5 heteroatoms. The van der Waals surface area contributed by atoms with Crippen LogP contribution in [0.2, 0.25) is 0 Å². The van der Waals surface area contributed by atoms with Crippen molar-refractivity contribution in [3.05, 3.63) is 28.1 Å². The van der Waals surface area contributed by atoms with Crippen LogP contribution in [0.15, 0.2) is 16.7 Å². The summed E-state index contributed by atoms with van der Waals surface area (Å²) in [6.07, 6.45) is 0. The van der Waals surface area contributed by atoms with E-state index in [4.69, 9.17) is 9.47 Å². The molecular weight excluding hydrogens is 296 g/mol. The molecule has 4 nitrogen and oxygen atoms in total. The lowest BCUT2D eigenvalue weighted by Gasteiger charge is -2.13. The second kappa shape index (κ2) is 5.02. The third kappa shape index (κ3) is 2.10. The SMILES string of the molecule is COc1ccc(-c2nc(C)[nH]c2Br)c(OC)c1C. The van der Waals surface area contributed by atoms with Crippen molar-refractivity contribution in [2.24, 2.45) is 0 Å². The second-order valence-corrected chi connectivity index (χ2v) is 4.75. The van der Waals surface area contributed by atoms with Gasteiger partial charge in [-0.05, 0) is 41.9 Å². The quantitative estimate of drug-likeness (QED) is 0.944. The van der Waals surface area contributed by atoms with E-state index in [1.54, 1.807) is 14.2 Å². The number of H-pyrrole nitrogens is 1. The summed E-state index contributed by atoms with van der Waals surface area (Å²) in [4.78, 5) is 7.59. The zero-order valence-corrected chi connectivity index (χ0v) is 12.4. The second-order valence-electron chi connectivity index (χ2n) is 3.96. The van der Waals surface area contributed by atoms with Crippen molar-refractivity contribution in [1.82, 2.24) is 9.97 Å². The van der Waals surface area contributed by atoms with Crippen LogP contribution < -0.4 is 9.47 Å². The van der Waals surface area contributed by atoms with Gasteiger partial charge in [0.2, 0.25) is 0 Å². The number of nitrogens with one attached hydrogen (secondary N) is 1. The molecule has 0 aliphatic rings. The van der Waals surface area contributed by atoms with Gasteiger partial charge in [0.05, 0.1) is 14.2 Å². The van der Waals surface area contributed by atoms with Crippen molar-refractivity contribution in [1.29, 1.82) is 0 Å². The number of nitrogens with zero attached hydrogens (tertiary/aromatic N) is 1. The van der Waals surface area contributed by atoms with Crippen LogP contribution >= 0.6 is 15.9 Å². The number of aryl methyl sites for hydroxylation is 1. The fraction of sp³-hybridized carbons (Fsp3) is 0.308. The maximum Gasteiger partial charge on any atom is 0.134 e. The molecular formula is C13H15BrN2O2. The smallest absolute Gasteiger partial charge is 0.134 e. The molecule has 0 radical (unpaired) electrons. The van der Waals surface area contributed by atoms with Crippen LogP contribution in [0.3, 0.4) is 0 Å². The lowest BCUT2D eigenvalue weighted by atomic mass is 10.1. The predicted molar refractivity (Wildman–Crippen MR) is 74.3 cm³/mol. The van der Waals surface area contributed by atoms with Gasteiger partial charge in [-0.2, -0.15) is 0 Å². The van der Waals surface area contributed by atoms with Gasteiger partial charge < -0.3 is 14.5 Å². The minimum Gasteiger partial charge on any atom is -0.496 e. The molecule has 0 saturated carbocycles. The molecule has 0 atom stereocenters. The monoisotopic (exact) mass is 310 g/mol. The highest BCUT2D eigenvalue weighted by Crippen LogP contribution is 2.39. The van der Waals surface area contributed by atoms with Crippen molar-refractivity contribution in [3.63, 3.8) is 0 Å². The van der Waals surface area contributed by atoms with E-state index in [9.17, 15) is 0 Å². The van der Waals surface area contributed by atoms with Crippen LogP contribution in [-0.4, -0.2) is 24.2 Å². The molecule has 1 aromatic heterocycles. The number of imidazole rings is 1. The van der Waals surface area contributed by atoms with Gasteiger partial charge in [0.15, 0.2) is 0 Å². The Morgan fingerprint density at radius 3 is 2.39 bits per heavy atom. The molecule has 2 aromatic rings. The largest absolute Gasteiger partial charge is 0.496 e. The normalized spacial score (nSPS) is 10.5. The van der Waals surface area contributed by atoms with Crippen molar-refractivity contribution < 1.29 is 9.47 Å². The molecule has 1 aromatic carbocycles. The highest BCUT2D eigenvalue weighted by atomic mass is 79.9. The molecule has 2 rings (SSSR count). The Hall–Kier alpha value is -1.49. The van der Waals surface area contributed by atoms with E-state index < -0.39 is 0 Å². The highest BCUT2D eigenvalue weighted by Gasteiger charge is 2.17. The van der Waals surface area contributed by atoms with Crippen LogP contribution in [0.25, 0.3) is 11.3 Å².